The van der Waals surface area contributed by atoms with E-state index >= 15 is 0 Å². The monoisotopic (exact) mass is 333 g/mol. The van der Waals surface area contributed by atoms with Gasteiger partial charge in [0.05, 0.1) is 0 Å². The first-order valence-corrected chi connectivity index (χ1v) is 8.44. The molecule has 0 amide bonds. The fourth-order valence-electron chi connectivity index (χ4n) is 2.45. The van der Waals surface area contributed by atoms with Crippen molar-refractivity contribution in [3.63, 3.8) is 0 Å². The normalized spacial score (nSPS) is 30.0. The van der Waals surface area contributed by atoms with Gasteiger partial charge in [-0.1, -0.05) is 0 Å². The average Bonchev–Trinajstić information content (AvgIpc) is 2.95. The van der Waals surface area contributed by atoms with Crippen LogP contribution in [0.3, 0.4) is 0 Å². The number of aromatic nitrogens is 4. The molecule has 0 bridgehead atoms. The first-order valence-electron chi connectivity index (χ1n) is 6.39. The van der Waals surface area contributed by atoms with Crippen LogP contribution in [0.4, 0.5) is 5.82 Å². The molecule has 12 heteroatoms. The van der Waals surface area contributed by atoms with Crippen LogP contribution in [0.25, 0.3) is 11.2 Å². The third kappa shape index (κ3) is 2.63. The molecule has 1 aliphatic rings. The third-order valence-electron chi connectivity index (χ3n) is 3.47. The van der Waals surface area contributed by atoms with Crippen LogP contribution in [0, 0.1) is 0 Å². The van der Waals surface area contributed by atoms with Gasteiger partial charge in [0.2, 0.25) is 0 Å². The molecule has 2 aromatic rings. The molecule has 0 radical (unpaired) electrons. The fourth-order valence-corrected chi connectivity index (χ4v) is 3.33. The van der Waals surface area contributed by atoms with E-state index in [1.54, 1.807) is 0 Å². The van der Waals surface area contributed by atoms with Gasteiger partial charge in [-0.15, -0.1) is 0 Å². The van der Waals surface area contributed by atoms with E-state index in [1.165, 1.54) is 17.2 Å². The van der Waals surface area contributed by atoms with Crippen LogP contribution in [-0.2, 0) is 4.74 Å². The Morgan fingerprint density at radius 2 is 1.91 bits per heavy atom. The van der Waals surface area contributed by atoms with Crippen molar-refractivity contribution in [2.45, 2.75) is 24.5 Å². The number of aliphatic hydroxyl groups excluding tert-OH is 2. The SMILES string of the molecule is Nc1ncnc2c1ncn2[C@@H]1O[C@H](C[PH](O)(O)O)C(O)C1O. The quantitative estimate of drug-likeness (QED) is 0.329. The van der Waals surface area contributed by atoms with E-state index < -0.39 is 38.6 Å². The van der Waals surface area contributed by atoms with Gasteiger partial charge in [0.25, 0.3) is 0 Å². The van der Waals surface area contributed by atoms with Crippen molar-refractivity contribution in [1.29, 1.82) is 0 Å². The molecule has 2 unspecified atom stereocenters. The van der Waals surface area contributed by atoms with Crippen molar-refractivity contribution in [1.82, 2.24) is 19.5 Å². The summed E-state index contributed by atoms with van der Waals surface area (Å²) in [6.45, 7) is 0. The Hall–Kier alpha value is -1.46. The number of nitrogens with two attached hydrogens (primary N) is 1. The van der Waals surface area contributed by atoms with Crippen LogP contribution in [-0.4, -0.2) is 68.9 Å². The molecule has 22 heavy (non-hydrogen) atoms. The third-order valence-corrected chi connectivity index (χ3v) is 4.42. The summed E-state index contributed by atoms with van der Waals surface area (Å²) >= 11 is 0. The summed E-state index contributed by atoms with van der Waals surface area (Å²) in [5.74, 6) is 0.154. The van der Waals surface area contributed by atoms with E-state index in [4.69, 9.17) is 25.2 Å². The minimum atomic E-state index is -4.44. The standard InChI is InChI=1S/C10H16N5O6P/c11-8-5-9(13-2-12-8)15(3-14-5)10-7(17)6(16)4(21-10)1-22(18,19)20/h2-4,6-7,10,16-20,22H,1H2,(H2,11,12,13)/t4-,6?,7?,10-/m1/s1. The van der Waals surface area contributed by atoms with E-state index in [2.05, 4.69) is 15.0 Å². The number of fused-ring (bicyclic) bond motifs is 1. The molecule has 1 aliphatic heterocycles. The number of ether oxygens (including phenoxy) is 1. The number of aliphatic hydroxyl groups is 2. The van der Waals surface area contributed by atoms with E-state index in [1.807, 2.05) is 0 Å². The van der Waals surface area contributed by atoms with Gasteiger partial charge >= 0.3 is 123 Å². The molecule has 11 nitrogen and oxygen atoms in total. The Labute approximate surface area is 124 Å². The molecule has 3 rings (SSSR count). The van der Waals surface area contributed by atoms with Crippen LogP contribution in [0.1, 0.15) is 6.23 Å². The van der Waals surface area contributed by atoms with Crippen LogP contribution < -0.4 is 5.73 Å². The molecule has 0 saturated carbocycles. The first kappa shape index (κ1) is 15.4. The number of anilines is 1. The van der Waals surface area contributed by atoms with Gasteiger partial charge in [-0.3, -0.25) is 0 Å². The summed E-state index contributed by atoms with van der Waals surface area (Å²) in [6, 6.07) is 0. The zero-order valence-electron chi connectivity index (χ0n) is 11.2. The van der Waals surface area contributed by atoms with E-state index in [-0.39, 0.29) is 5.82 Å². The Bertz CT molecular complexity index is 690. The van der Waals surface area contributed by atoms with Crippen molar-refractivity contribution < 1.29 is 29.6 Å². The molecule has 3 heterocycles. The number of imidazole rings is 1. The second-order valence-corrected chi connectivity index (χ2v) is 7.06. The minimum absolute atomic E-state index is 0.154. The summed E-state index contributed by atoms with van der Waals surface area (Å²) in [6.07, 6.45) is -2.99. The average molecular weight is 333 g/mol. The van der Waals surface area contributed by atoms with E-state index in [0.717, 1.165) is 0 Å². The van der Waals surface area contributed by atoms with Crippen molar-refractivity contribution >= 4 is 24.9 Å². The van der Waals surface area contributed by atoms with Crippen LogP contribution in [0.5, 0.6) is 0 Å². The summed E-state index contributed by atoms with van der Waals surface area (Å²) < 4.78 is 6.79. The molecule has 1 saturated heterocycles. The maximum atomic E-state index is 10.1. The molecular formula is C10H16N5O6P. The van der Waals surface area contributed by atoms with E-state index in [9.17, 15) is 10.2 Å². The van der Waals surface area contributed by atoms with Crippen molar-refractivity contribution in [3.8, 4) is 0 Å². The van der Waals surface area contributed by atoms with E-state index in [0.29, 0.717) is 11.2 Å². The molecule has 7 N–H and O–H groups in total. The Morgan fingerprint density at radius 3 is 2.59 bits per heavy atom. The molecule has 1 fully saturated rings. The Kier molecular flexibility index (Phi) is 3.73. The summed E-state index contributed by atoms with van der Waals surface area (Å²) in [5, 5.41) is 20.0. The van der Waals surface area contributed by atoms with Crippen molar-refractivity contribution in [2.24, 2.45) is 0 Å². The van der Waals surface area contributed by atoms with Gasteiger partial charge in [-0.2, -0.15) is 0 Å². The zero-order valence-corrected chi connectivity index (χ0v) is 12.2. The molecule has 0 aliphatic carbocycles. The fraction of sp³-hybridized carbons (Fsp3) is 0.500. The van der Waals surface area contributed by atoms with Gasteiger partial charge in [-0.25, -0.2) is 0 Å². The number of hydrogen-bond donors (Lipinski definition) is 6. The molecule has 0 spiro atoms. The number of hydrogen-bond acceptors (Lipinski definition) is 10. The Balaban J connectivity index is 1.93. The maximum absolute atomic E-state index is 10.1. The Morgan fingerprint density at radius 1 is 1.18 bits per heavy atom. The molecule has 2 aromatic heterocycles. The van der Waals surface area contributed by atoms with Gasteiger partial charge in [0.1, 0.15) is 0 Å². The van der Waals surface area contributed by atoms with Gasteiger partial charge in [0, 0.05) is 0 Å². The second-order valence-electron chi connectivity index (χ2n) is 5.11. The van der Waals surface area contributed by atoms with Crippen LogP contribution in [0.2, 0.25) is 0 Å². The zero-order chi connectivity index (χ0) is 16.1. The van der Waals surface area contributed by atoms with Gasteiger partial charge in [0.15, 0.2) is 0 Å². The molecule has 0 aromatic carbocycles. The predicted molar refractivity (Wildman–Crippen MR) is 75.5 cm³/mol. The summed E-state index contributed by atoms with van der Waals surface area (Å²) in [4.78, 5) is 39.2. The van der Waals surface area contributed by atoms with Gasteiger partial charge in [-0.05, 0) is 0 Å². The number of nitrogen functional groups attached to an aromatic ring is 1. The molecular weight excluding hydrogens is 317 g/mol. The summed E-state index contributed by atoms with van der Waals surface area (Å²) in [7, 11) is -4.44. The van der Waals surface area contributed by atoms with Crippen LogP contribution in [0.15, 0.2) is 12.7 Å². The molecule has 122 valence electrons. The topological polar surface area (TPSA) is 180 Å². The van der Waals surface area contributed by atoms with Gasteiger partial charge < -0.3 is 0 Å². The molecule has 4 atom stereocenters. The van der Waals surface area contributed by atoms with Crippen molar-refractivity contribution in [2.75, 3.05) is 11.9 Å². The summed E-state index contributed by atoms with van der Waals surface area (Å²) in [5.41, 5.74) is 6.28. The second kappa shape index (κ2) is 5.32. The number of rotatable bonds is 3. The van der Waals surface area contributed by atoms with Crippen molar-refractivity contribution in [3.05, 3.63) is 12.7 Å². The first-order chi connectivity index (χ1) is 10.3. The number of nitrogens with zero attached hydrogens (tertiary/aromatic N) is 4. The van der Waals surface area contributed by atoms with Crippen LogP contribution >= 0.6 is 7.94 Å². The predicted octanol–water partition coefficient (Wildman–Crippen LogP) is -2.50.